The molecule has 3 rings (SSSR count). The van der Waals surface area contributed by atoms with Gasteiger partial charge in [-0.05, 0) is 43.0 Å². The SMILES string of the molecule is O=C(NCCn1nc2c(cc1=O)CCC2)c1cccc(OC(F)(F)F)c1. The van der Waals surface area contributed by atoms with Crippen molar-refractivity contribution in [3.63, 3.8) is 0 Å². The van der Waals surface area contributed by atoms with Crippen LogP contribution >= 0.6 is 0 Å². The molecule has 1 aliphatic carbocycles. The van der Waals surface area contributed by atoms with Crippen molar-refractivity contribution in [2.24, 2.45) is 0 Å². The smallest absolute Gasteiger partial charge is 0.406 e. The van der Waals surface area contributed by atoms with E-state index in [1.807, 2.05) is 0 Å². The van der Waals surface area contributed by atoms with Crippen LogP contribution in [0.15, 0.2) is 35.1 Å². The largest absolute Gasteiger partial charge is 0.573 e. The molecule has 0 saturated heterocycles. The van der Waals surface area contributed by atoms with Gasteiger partial charge in [-0.3, -0.25) is 9.59 Å². The number of hydrogen-bond donors (Lipinski definition) is 1. The highest BCUT2D eigenvalue weighted by molar-refractivity contribution is 5.94. The lowest BCUT2D eigenvalue weighted by Crippen LogP contribution is -2.32. The summed E-state index contributed by atoms with van der Waals surface area (Å²) in [4.78, 5) is 24.0. The van der Waals surface area contributed by atoms with Gasteiger partial charge in [0.2, 0.25) is 0 Å². The molecule has 1 aromatic heterocycles. The highest BCUT2D eigenvalue weighted by Crippen LogP contribution is 2.23. The minimum Gasteiger partial charge on any atom is -0.406 e. The van der Waals surface area contributed by atoms with Crippen molar-refractivity contribution in [1.29, 1.82) is 0 Å². The van der Waals surface area contributed by atoms with Crippen molar-refractivity contribution in [1.82, 2.24) is 15.1 Å². The van der Waals surface area contributed by atoms with Gasteiger partial charge in [0.05, 0.1) is 12.2 Å². The molecular weight excluding hydrogens is 351 g/mol. The van der Waals surface area contributed by atoms with Crippen LogP contribution in [0.3, 0.4) is 0 Å². The van der Waals surface area contributed by atoms with Crippen molar-refractivity contribution < 1.29 is 22.7 Å². The van der Waals surface area contributed by atoms with E-state index in [4.69, 9.17) is 0 Å². The molecule has 0 radical (unpaired) electrons. The third-order valence-electron chi connectivity index (χ3n) is 3.96. The van der Waals surface area contributed by atoms with Crippen LogP contribution in [-0.2, 0) is 19.4 Å². The van der Waals surface area contributed by atoms with Crippen LogP contribution in [0, 0.1) is 0 Å². The van der Waals surface area contributed by atoms with E-state index in [0.29, 0.717) is 0 Å². The minimum absolute atomic E-state index is 0.0287. The van der Waals surface area contributed by atoms with Crippen LogP contribution in [-0.4, -0.2) is 28.6 Å². The number of hydrogen-bond acceptors (Lipinski definition) is 4. The average Bonchev–Trinajstić information content (AvgIpc) is 3.00. The van der Waals surface area contributed by atoms with Crippen molar-refractivity contribution in [2.45, 2.75) is 32.2 Å². The molecule has 0 bridgehead atoms. The Morgan fingerprint density at radius 3 is 2.85 bits per heavy atom. The fourth-order valence-electron chi connectivity index (χ4n) is 2.81. The summed E-state index contributed by atoms with van der Waals surface area (Å²) in [6, 6.07) is 6.34. The normalized spacial score (nSPS) is 13.3. The molecule has 2 aromatic rings. The lowest BCUT2D eigenvalue weighted by Gasteiger charge is -2.11. The van der Waals surface area contributed by atoms with E-state index >= 15 is 0 Å². The zero-order valence-electron chi connectivity index (χ0n) is 13.7. The number of carbonyl (C=O) groups excluding carboxylic acids is 1. The summed E-state index contributed by atoms with van der Waals surface area (Å²) in [6.45, 7) is 0.297. The lowest BCUT2D eigenvalue weighted by molar-refractivity contribution is -0.274. The van der Waals surface area contributed by atoms with Crippen molar-refractivity contribution in [3.05, 3.63) is 57.5 Å². The quantitative estimate of drug-likeness (QED) is 0.878. The molecule has 0 aliphatic heterocycles. The molecule has 1 N–H and O–H groups in total. The summed E-state index contributed by atoms with van der Waals surface area (Å²) < 4.78 is 41.8. The number of amides is 1. The fraction of sp³-hybridized carbons (Fsp3) is 0.353. The Hall–Kier alpha value is -2.84. The monoisotopic (exact) mass is 367 g/mol. The van der Waals surface area contributed by atoms with Gasteiger partial charge in [-0.2, -0.15) is 5.10 Å². The van der Waals surface area contributed by atoms with Crippen molar-refractivity contribution >= 4 is 5.91 Å². The van der Waals surface area contributed by atoms with E-state index in [9.17, 15) is 22.8 Å². The second-order valence-corrected chi connectivity index (χ2v) is 5.86. The Bertz CT molecular complexity index is 878. The summed E-state index contributed by atoms with van der Waals surface area (Å²) in [6.07, 6.45) is -2.17. The number of nitrogens with one attached hydrogen (secondary N) is 1. The first-order chi connectivity index (χ1) is 12.3. The number of rotatable bonds is 5. The molecule has 1 heterocycles. The highest BCUT2D eigenvalue weighted by atomic mass is 19.4. The Morgan fingerprint density at radius 2 is 2.08 bits per heavy atom. The summed E-state index contributed by atoms with van der Waals surface area (Å²) in [5.41, 5.74) is 1.66. The summed E-state index contributed by atoms with van der Waals surface area (Å²) in [5, 5.41) is 6.84. The van der Waals surface area contributed by atoms with Crippen LogP contribution in [0.5, 0.6) is 5.75 Å². The Labute approximate surface area is 146 Å². The molecule has 1 aromatic carbocycles. The zero-order chi connectivity index (χ0) is 18.7. The number of alkyl halides is 3. The molecule has 1 amide bonds. The summed E-state index contributed by atoms with van der Waals surface area (Å²) in [7, 11) is 0. The molecule has 6 nitrogen and oxygen atoms in total. The van der Waals surface area contributed by atoms with E-state index in [0.717, 1.165) is 42.7 Å². The molecule has 26 heavy (non-hydrogen) atoms. The van der Waals surface area contributed by atoms with Crippen LogP contribution < -0.4 is 15.6 Å². The van der Waals surface area contributed by atoms with Gasteiger partial charge in [0, 0.05) is 18.2 Å². The topological polar surface area (TPSA) is 73.2 Å². The molecule has 138 valence electrons. The standard InChI is InChI=1S/C17H16F3N3O3/c18-17(19,20)26-13-5-1-4-12(9-13)16(25)21-7-8-23-15(24)10-11-3-2-6-14(11)22-23/h1,4-5,9-10H,2-3,6-8H2,(H,21,25). The summed E-state index contributed by atoms with van der Waals surface area (Å²) in [5.74, 6) is -1.03. The number of benzene rings is 1. The number of halogens is 3. The van der Waals surface area contributed by atoms with Gasteiger partial charge in [0.1, 0.15) is 5.75 Å². The highest BCUT2D eigenvalue weighted by Gasteiger charge is 2.31. The lowest BCUT2D eigenvalue weighted by atomic mass is 10.2. The van der Waals surface area contributed by atoms with Gasteiger partial charge in [-0.25, -0.2) is 4.68 Å². The molecule has 0 fully saturated rings. The maximum Gasteiger partial charge on any atom is 0.573 e. The number of fused-ring (bicyclic) bond motifs is 1. The van der Waals surface area contributed by atoms with E-state index < -0.39 is 18.0 Å². The van der Waals surface area contributed by atoms with Crippen LogP contribution in [0.1, 0.15) is 28.0 Å². The Balaban J connectivity index is 1.60. The minimum atomic E-state index is -4.82. The first-order valence-corrected chi connectivity index (χ1v) is 8.06. The van der Waals surface area contributed by atoms with Gasteiger partial charge in [-0.15, -0.1) is 13.2 Å². The Kier molecular flexibility index (Phi) is 4.97. The molecule has 0 atom stereocenters. The van der Waals surface area contributed by atoms with E-state index in [1.54, 1.807) is 6.07 Å². The third kappa shape index (κ3) is 4.41. The second-order valence-electron chi connectivity index (χ2n) is 5.86. The van der Waals surface area contributed by atoms with Crippen LogP contribution in [0.25, 0.3) is 0 Å². The Morgan fingerprint density at radius 1 is 1.27 bits per heavy atom. The number of aryl methyl sites for hydroxylation is 2. The first kappa shape index (κ1) is 18.0. The van der Waals surface area contributed by atoms with Crippen LogP contribution in [0.2, 0.25) is 0 Å². The molecule has 0 spiro atoms. The van der Waals surface area contributed by atoms with Gasteiger partial charge in [0.15, 0.2) is 0 Å². The van der Waals surface area contributed by atoms with Gasteiger partial charge >= 0.3 is 6.36 Å². The van der Waals surface area contributed by atoms with E-state index in [-0.39, 0.29) is 24.2 Å². The predicted octanol–water partition coefficient (Wildman–Crippen LogP) is 2.06. The van der Waals surface area contributed by atoms with Gasteiger partial charge in [0.25, 0.3) is 11.5 Å². The number of aromatic nitrogens is 2. The molecule has 9 heteroatoms. The van der Waals surface area contributed by atoms with E-state index in [2.05, 4.69) is 15.2 Å². The number of ether oxygens (including phenoxy) is 1. The molecule has 0 unspecified atom stereocenters. The zero-order valence-corrected chi connectivity index (χ0v) is 13.7. The van der Waals surface area contributed by atoms with Gasteiger partial charge < -0.3 is 10.1 Å². The maximum absolute atomic E-state index is 12.2. The molecule has 1 aliphatic rings. The molecular formula is C17H16F3N3O3. The average molecular weight is 367 g/mol. The maximum atomic E-state index is 12.2. The van der Waals surface area contributed by atoms with E-state index in [1.165, 1.54) is 16.8 Å². The van der Waals surface area contributed by atoms with Gasteiger partial charge in [-0.1, -0.05) is 6.07 Å². The predicted molar refractivity (Wildman–Crippen MR) is 86.0 cm³/mol. The number of carbonyl (C=O) groups is 1. The fourth-order valence-corrected chi connectivity index (χ4v) is 2.81. The summed E-state index contributed by atoms with van der Waals surface area (Å²) >= 11 is 0. The van der Waals surface area contributed by atoms with Crippen molar-refractivity contribution in [3.8, 4) is 5.75 Å². The number of nitrogens with zero attached hydrogens (tertiary/aromatic N) is 2. The third-order valence-corrected chi connectivity index (χ3v) is 3.96. The van der Waals surface area contributed by atoms with Crippen molar-refractivity contribution in [2.75, 3.05) is 6.54 Å². The van der Waals surface area contributed by atoms with Crippen LogP contribution in [0.4, 0.5) is 13.2 Å². The molecule has 0 saturated carbocycles. The second kappa shape index (κ2) is 7.19. The first-order valence-electron chi connectivity index (χ1n) is 8.06.